The van der Waals surface area contributed by atoms with Crippen LogP contribution in [0.1, 0.15) is 0 Å². The molecule has 2 aromatic carbocycles. The molecule has 1 N–H and O–H groups in total. The van der Waals surface area contributed by atoms with Gasteiger partial charge in [-0.3, -0.25) is 0 Å². The molecule has 0 amide bonds. The van der Waals surface area contributed by atoms with E-state index < -0.39 is 0 Å². The lowest BCUT2D eigenvalue weighted by Gasteiger charge is -1.97. The van der Waals surface area contributed by atoms with Crippen molar-refractivity contribution < 1.29 is 0 Å². The van der Waals surface area contributed by atoms with E-state index in [0.717, 1.165) is 27.0 Å². The summed E-state index contributed by atoms with van der Waals surface area (Å²) < 4.78 is 2.42. The predicted molar refractivity (Wildman–Crippen MR) is 115 cm³/mol. The third-order valence-corrected chi connectivity index (χ3v) is 6.59. The molecular formula is C17H12IN3S3. The molecule has 7 heteroatoms. The molecule has 0 atom stereocenters. The van der Waals surface area contributed by atoms with Crippen LogP contribution in [0.5, 0.6) is 0 Å². The molecule has 24 heavy (non-hydrogen) atoms. The third kappa shape index (κ3) is 3.44. The Labute approximate surface area is 165 Å². The summed E-state index contributed by atoms with van der Waals surface area (Å²) in [5.41, 5.74) is 3.15. The first-order chi connectivity index (χ1) is 11.7. The highest BCUT2D eigenvalue weighted by molar-refractivity contribution is 14.1. The van der Waals surface area contributed by atoms with Crippen LogP contribution in [0.4, 0.5) is 10.3 Å². The Hall–Kier alpha value is -1.16. The van der Waals surface area contributed by atoms with Crippen molar-refractivity contribution in [2.45, 2.75) is 4.90 Å². The average molecular weight is 481 g/mol. The maximum absolute atomic E-state index is 4.68. The number of benzene rings is 2. The largest absolute Gasteiger partial charge is 0.307 e. The first-order valence-electron chi connectivity index (χ1n) is 7.14. The zero-order valence-corrected chi connectivity index (χ0v) is 17.2. The van der Waals surface area contributed by atoms with Gasteiger partial charge in [-0.1, -0.05) is 23.5 Å². The van der Waals surface area contributed by atoms with Gasteiger partial charge in [0.2, 0.25) is 0 Å². The van der Waals surface area contributed by atoms with Crippen molar-refractivity contribution in [3.8, 4) is 11.3 Å². The zero-order valence-electron chi connectivity index (χ0n) is 12.6. The molecule has 0 saturated carbocycles. The summed E-state index contributed by atoms with van der Waals surface area (Å²) in [4.78, 5) is 10.6. The molecule has 0 spiro atoms. The van der Waals surface area contributed by atoms with Crippen LogP contribution in [0.2, 0.25) is 0 Å². The highest BCUT2D eigenvalue weighted by atomic mass is 127. The van der Waals surface area contributed by atoms with E-state index in [2.05, 4.69) is 92.0 Å². The number of rotatable bonds is 4. The van der Waals surface area contributed by atoms with Crippen molar-refractivity contribution in [1.29, 1.82) is 0 Å². The normalized spacial score (nSPS) is 11.1. The SMILES string of the molecule is CSc1ccc2nc(Nc3nc(-c4ccc(I)cc4)cs3)sc2c1. The molecule has 0 unspecified atom stereocenters. The van der Waals surface area contributed by atoms with E-state index in [0.29, 0.717) is 0 Å². The Morgan fingerprint density at radius 2 is 1.88 bits per heavy atom. The fourth-order valence-electron chi connectivity index (χ4n) is 2.26. The molecule has 4 aromatic rings. The molecule has 4 rings (SSSR count). The van der Waals surface area contributed by atoms with E-state index in [4.69, 9.17) is 0 Å². The minimum Gasteiger partial charge on any atom is -0.307 e. The Kier molecular flexibility index (Phi) is 4.75. The van der Waals surface area contributed by atoms with Crippen LogP contribution < -0.4 is 5.32 Å². The van der Waals surface area contributed by atoms with Crippen LogP contribution in [0, 0.1) is 3.57 Å². The van der Waals surface area contributed by atoms with Crippen molar-refractivity contribution >= 4 is 77.5 Å². The van der Waals surface area contributed by atoms with Gasteiger partial charge in [0.15, 0.2) is 10.3 Å². The molecule has 3 nitrogen and oxygen atoms in total. The molecule has 0 aliphatic rings. The first kappa shape index (κ1) is 16.3. The van der Waals surface area contributed by atoms with Crippen molar-refractivity contribution in [2.75, 3.05) is 11.6 Å². The van der Waals surface area contributed by atoms with Crippen LogP contribution in [0.25, 0.3) is 21.5 Å². The number of fused-ring (bicyclic) bond motifs is 1. The highest BCUT2D eigenvalue weighted by Gasteiger charge is 2.09. The van der Waals surface area contributed by atoms with E-state index in [1.807, 2.05) is 0 Å². The Morgan fingerprint density at radius 1 is 1.04 bits per heavy atom. The number of thiazole rings is 2. The van der Waals surface area contributed by atoms with Crippen LogP contribution >= 0.6 is 57.0 Å². The molecule has 0 aliphatic heterocycles. The molecule has 2 heterocycles. The maximum atomic E-state index is 4.68. The lowest BCUT2D eigenvalue weighted by molar-refractivity contribution is 1.36. The molecule has 0 saturated heterocycles. The number of thioether (sulfide) groups is 1. The van der Waals surface area contributed by atoms with Crippen LogP contribution in [-0.2, 0) is 0 Å². The monoisotopic (exact) mass is 481 g/mol. The van der Waals surface area contributed by atoms with Crippen molar-refractivity contribution in [2.24, 2.45) is 0 Å². The number of hydrogen-bond donors (Lipinski definition) is 1. The second-order valence-corrected chi connectivity index (χ2v) is 9.04. The van der Waals surface area contributed by atoms with Gasteiger partial charge in [-0.25, -0.2) is 9.97 Å². The van der Waals surface area contributed by atoms with E-state index in [9.17, 15) is 0 Å². The molecule has 0 bridgehead atoms. The van der Waals surface area contributed by atoms with Crippen molar-refractivity contribution in [3.05, 3.63) is 51.4 Å². The van der Waals surface area contributed by atoms with Gasteiger partial charge in [0.05, 0.1) is 15.9 Å². The Balaban J connectivity index is 1.58. The second kappa shape index (κ2) is 6.99. The summed E-state index contributed by atoms with van der Waals surface area (Å²) in [6, 6.07) is 14.8. The number of nitrogens with zero attached hydrogens (tertiary/aromatic N) is 2. The second-order valence-electron chi connectivity index (χ2n) is 5.02. The summed E-state index contributed by atoms with van der Waals surface area (Å²) in [6.07, 6.45) is 2.09. The number of aromatic nitrogens is 2. The van der Waals surface area contributed by atoms with Gasteiger partial charge < -0.3 is 5.32 Å². The number of nitrogens with one attached hydrogen (secondary N) is 1. The number of anilines is 2. The van der Waals surface area contributed by atoms with Gasteiger partial charge in [0, 0.05) is 19.4 Å². The summed E-state index contributed by atoms with van der Waals surface area (Å²) >= 11 is 7.31. The van der Waals surface area contributed by atoms with Crippen LogP contribution in [0.15, 0.2) is 52.7 Å². The molecular weight excluding hydrogens is 469 g/mol. The lowest BCUT2D eigenvalue weighted by atomic mass is 10.2. The number of halogens is 1. The standard InChI is InChI=1S/C17H12IN3S3/c1-22-12-6-7-13-15(8-12)24-17(19-13)21-16-20-14(9-23-16)10-2-4-11(18)5-3-10/h2-9H,1H3,(H,19,20,21). The first-order valence-corrected chi connectivity index (χ1v) is 11.1. The van der Waals surface area contributed by atoms with E-state index in [1.54, 1.807) is 34.4 Å². The van der Waals surface area contributed by atoms with Crippen molar-refractivity contribution in [1.82, 2.24) is 9.97 Å². The summed E-state index contributed by atoms with van der Waals surface area (Å²) in [5.74, 6) is 0. The molecule has 0 aliphatic carbocycles. The molecule has 120 valence electrons. The van der Waals surface area contributed by atoms with E-state index >= 15 is 0 Å². The lowest BCUT2D eigenvalue weighted by Crippen LogP contribution is -1.88. The Bertz CT molecular complexity index is 992. The fraction of sp³-hybridized carbons (Fsp3) is 0.0588. The van der Waals surface area contributed by atoms with Gasteiger partial charge in [0.1, 0.15) is 0 Å². The highest BCUT2D eigenvalue weighted by Crippen LogP contribution is 2.33. The van der Waals surface area contributed by atoms with Crippen molar-refractivity contribution in [3.63, 3.8) is 0 Å². The summed E-state index contributed by atoms with van der Waals surface area (Å²) in [5, 5.41) is 7.16. The Morgan fingerprint density at radius 3 is 2.67 bits per heavy atom. The zero-order chi connectivity index (χ0) is 16.5. The summed E-state index contributed by atoms with van der Waals surface area (Å²) in [6.45, 7) is 0. The van der Waals surface area contributed by atoms with Gasteiger partial charge >= 0.3 is 0 Å². The van der Waals surface area contributed by atoms with Crippen LogP contribution in [0.3, 0.4) is 0 Å². The summed E-state index contributed by atoms with van der Waals surface area (Å²) in [7, 11) is 0. The van der Waals surface area contributed by atoms with Gasteiger partial charge in [-0.05, 0) is 59.2 Å². The molecule has 0 radical (unpaired) electrons. The maximum Gasteiger partial charge on any atom is 0.190 e. The van der Waals surface area contributed by atoms with Gasteiger partial charge in [-0.2, -0.15) is 0 Å². The molecule has 0 fully saturated rings. The fourth-order valence-corrected chi connectivity index (χ4v) is 4.82. The van der Waals surface area contributed by atoms with Crippen LogP contribution in [-0.4, -0.2) is 16.2 Å². The van der Waals surface area contributed by atoms with Gasteiger partial charge in [0.25, 0.3) is 0 Å². The van der Waals surface area contributed by atoms with E-state index in [1.165, 1.54) is 13.2 Å². The third-order valence-electron chi connectivity index (χ3n) is 3.45. The van der Waals surface area contributed by atoms with Gasteiger partial charge in [-0.15, -0.1) is 23.1 Å². The minimum atomic E-state index is 0.868. The van der Waals surface area contributed by atoms with E-state index in [-0.39, 0.29) is 0 Å². The smallest absolute Gasteiger partial charge is 0.190 e. The quantitative estimate of drug-likeness (QED) is 0.267. The average Bonchev–Trinajstić information content (AvgIpc) is 3.21. The topological polar surface area (TPSA) is 37.8 Å². The number of hydrogen-bond acceptors (Lipinski definition) is 6. The molecule has 2 aromatic heterocycles. The minimum absolute atomic E-state index is 0.868. The predicted octanol–water partition coefficient (Wildman–Crippen LogP) is 6.49.